The predicted octanol–water partition coefficient (Wildman–Crippen LogP) is 10.8. The molecule has 0 aliphatic carbocycles. The molecule has 1 N–H and O–H groups in total. The predicted molar refractivity (Wildman–Crippen MR) is 147 cm³/mol. The maximum Gasteiger partial charge on any atom is -0.00463 e. The molecule has 1 fully saturated rings. The molecule has 0 amide bonds. The van der Waals surface area contributed by atoms with Crippen molar-refractivity contribution in [1.82, 2.24) is 5.32 Å². The average Bonchev–Trinajstić information content (AvgIpc) is 2.82. The Kier molecular flexibility index (Phi) is 24.0. The summed E-state index contributed by atoms with van der Waals surface area (Å²) in [5.74, 6) is 1.04. The molecule has 0 aromatic rings. The molecule has 0 aromatic carbocycles. The quantitative estimate of drug-likeness (QED) is 0.137. The molecule has 0 saturated carbocycles. The van der Waals surface area contributed by atoms with Gasteiger partial charge in [0.2, 0.25) is 0 Å². The summed E-state index contributed by atoms with van der Waals surface area (Å²) >= 11 is 0. The minimum absolute atomic E-state index is 1.04. The number of unbranched alkanes of at least 4 members (excludes halogenated alkanes) is 23. The molecule has 0 atom stereocenters. The zero-order chi connectivity index (χ0) is 22.8. The van der Waals surface area contributed by atoms with Gasteiger partial charge in [0.1, 0.15) is 0 Å². The van der Waals surface area contributed by atoms with E-state index in [9.17, 15) is 0 Å². The monoisotopic (exact) mass is 449 g/mol. The fourth-order valence-corrected chi connectivity index (χ4v) is 5.57. The molecule has 1 nitrogen and oxygen atoms in total. The van der Waals surface area contributed by atoms with Crippen molar-refractivity contribution in [2.45, 2.75) is 180 Å². The molecule has 1 heterocycles. The fraction of sp³-hybridized carbons (Fsp3) is 1.00. The van der Waals surface area contributed by atoms with Crippen LogP contribution in [0.4, 0.5) is 0 Å². The van der Waals surface area contributed by atoms with Crippen LogP contribution in [-0.2, 0) is 0 Å². The molecule has 0 bridgehead atoms. The summed E-state index contributed by atoms with van der Waals surface area (Å²) in [4.78, 5) is 0. The smallest absolute Gasteiger partial charge is 0.00463 e. The van der Waals surface area contributed by atoms with Gasteiger partial charge >= 0.3 is 0 Å². The Bertz CT molecular complexity index is 333. The van der Waals surface area contributed by atoms with Gasteiger partial charge in [0.15, 0.2) is 0 Å². The van der Waals surface area contributed by atoms with Crippen LogP contribution in [0.2, 0.25) is 0 Å². The van der Waals surface area contributed by atoms with Crippen LogP contribution in [0.1, 0.15) is 180 Å². The third kappa shape index (κ3) is 21.8. The first-order valence-corrected chi connectivity index (χ1v) is 15.6. The van der Waals surface area contributed by atoms with Crippen LogP contribution in [0.25, 0.3) is 0 Å². The van der Waals surface area contributed by atoms with Gasteiger partial charge in [-0.25, -0.2) is 0 Å². The highest BCUT2D eigenvalue weighted by atomic mass is 14.9. The molecule has 1 aliphatic heterocycles. The Morgan fingerprint density at radius 3 is 1.00 bits per heavy atom. The van der Waals surface area contributed by atoms with Crippen molar-refractivity contribution in [3.63, 3.8) is 0 Å². The Balaban J connectivity index is 1.62. The minimum atomic E-state index is 1.04. The van der Waals surface area contributed by atoms with Gasteiger partial charge in [-0.15, -0.1) is 0 Å². The maximum absolute atomic E-state index is 3.48. The van der Waals surface area contributed by atoms with Crippen molar-refractivity contribution in [1.29, 1.82) is 0 Å². The van der Waals surface area contributed by atoms with E-state index < -0.39 is 0 Å². The van der Waals surface area contributed by atoms with Crippen molar-refractivity contribution in [3.8, 4) is 0 Å². The molecular formula is C31H63N. The molecule has 1 rings (SSSR count). The van der Waals surface area contributed by atoms with Gasteiger partial charge in [-0.3, -0.25) is 0 Å². The van der Waals surface area contributed by atoms with Gasteiger partial charge in [-0.2, -0.15) is 0 Å². The molecule has 0 spiro atoms. The Hall–Kier alpha value is -0.0400. The lowest BCUT2D eigenvalue weighted by atomic mass is 9.92. The van der Waals surface area contributed by atoms with Gasteiger partial charge < -0.3 is 5.32 Å². The summed E-state index contributed by atoms with van der Waals surface area (Å²) in [6, 6.07) is 0. The lowest BCUT2D eigenvalue weighted by Gasteiger charge is -2.22. The van der Waals surface area contributed by atoms with Crippen LogP contribution >= 0.6 is 0 Å². The molecule has 0 unspecified atom stereocenters. The molecule has 1 aliphatic rings. The first-order chi connectivity index (χ1) is 15.9. The summed E-state index contributed by atoms with van der Waals surface area (Å²) in [5.41, 5.74) is 0. The van der Waals surface area contributed by atoms with Gasteiger partial charge in [0, 0.05) is 0 Å². The van der Waals surface area contributed by atoms with Crippen molar-refractivity contribution in [2.24, 2.45) is 5.92 Å². The number of rotatable bonds is 25. The van der Waals surface area contributed by atoms with E-state index in [1.807, 2.05) is 0 Å². The highest BCUT2D eigenvalue weighted by molar-refractivity contribution is 4.68. The normalized spacial score (nSPS) is 14.9. The van der Waals surface area contributed by atoms with Crippen LogP contribution in [0.15, 0.2) is 0 Å². The SMILES string of the molecule is CCCCCCCCCCCCCCCCCCCCCCCCCCC1CCNCC1. The maximum atomic E-state index is 3.48. The van der Waals surface area contributed by atoms with Crippen LogP contribution in [-0.4, -0.2) is 13.1 Å². The summed E-state index contributed by atoms with van der Waals surface area (Å²) < 4.78 is 0. The number of nitrogens with one attached hydrogen (secondary N) is 1. The lowest BCUT2D eigenvalue weighted by Crippen LogP contribution is -2.27. The minimum Gasteiger partial charge on any atom is -0.317 e. The van der Waals surface area contributed by atoms with E-state index >= 15 is 0 Å². The standard InChI is InChI=1S/C31H63N/c1-2-3-4-5-6-7-8-9-10-11-12-13-14-15-16-17-18-19-20-21-22-23-24-25-26-31-27-29-32-30-28-31/h31-32H,2-30H2,1H3. The highest BCUT2D eigenvalue weighted by Crippen LogP contribution is 2.20. The Morgan fingerprint density at radius 2 is 0.688 bits per heavy atom. The molecule has 192 valence electrons. The first kappa shape index (κ1) is 30.0. The summed E-state index contributed by atoms with van der Waals surface area (Å²) in [5, 5.41) is 3.48. The lowest BCUT2D eigenvalue weighted by molar-refractivity contribution is 0.342. The van der Waals surface area contributed by atoms with E-state index in [2.05, 4.69) is 12.2 Å². The molecule has 0 aromatic heterocycles. The highest BCUT2D eigenvalue weighted by Gasteiger charge is 2.11. The van der Waals surface area contributed by atoms with Crippen LogP contribution in [0.5, 0.6) is 0 Å². The second-order valence-electron chi connectivity index (χ2n) is 11.1. The van der Waals surface area contributed by atoms with E-state index in [4.69, 9.17) is 0 Å². The summed E-state index contributed by atoms with van der Waals surface area (Å²) in [6.07, 6.45) is 40.0. The van der Waals surface area contributed by atoms with E-state index in [0.717, 1.165) is 5.92 Å². The Labute approximate surface area is 204 Å². The van der Waals surface area contributed by atoms with Crippen LogP contribution in [0.3, 0.4) is 0 Å². The van der Waals surface area contributed by atoms with E-state index in [1.165, 1.54) is 186 Å². The third-order valence-electron chi connectivity index (χ3n) is 7.92. The molecular weight excluding hydrogens is 386 g/mol. The third-order valence-corrected chi connectivity index (χ3v) is 7.92. The van der Waals surface area contributed by atoms with Crippen LogP contribution in [0, 0.1) is 5.92 Å². The average molecular weight is 450 g/mol. The van der Waals surface area contributed by atoms with E-state index in [-0.39, 0.29) is 0 Å². The number of hydrogen-bond donors (Lipinski definition) is 1. The zero-order valence-electron chi connectivity index (χ0n) is 22.6. The van der Waals surface area contributed by atoms with Gasteiger partial charge in [-0.05, 0) is 31.8 Å². The van der Waals surface area contributed by atoms with Crippen molar-refractivity contribution < 1.29 is 0 Å². The second kappa shape index (κ2) is 25.6. The van der Waals surface area contributed by atoms with Crippen molar-refractivity contribution in [2.75, 3.05) is 13.1 Å². The largest absolute Gasteiger partial charge is 0.317 e. The molecule has 1 saturated heterocycles. The van der Waals surface area contributed by atoms with E-state index in [0.29, 0.717) is 0 Å². The molecule has 1 heteroatoms. The summed E-state index contributed by atoms with van der Waals surface area (Å²) in [7, 11) is 0. The van der Waals surface area contributed by atoms with E-state index in [1.54, 1.807) is 0 Å². The van der Waals surface area contributed by atoms with Gasteiger partial charge in [0.05, 0.1) is 0 Å². The van der Waals surface area contributed by atoms with Crippen molar-refractivity contribution >= 4 is 0 Å². The van der Waals surface area contributed by atoms with Gasteiger partial charge in [-0.1, -0.05) is 167 Å². The molecule has 32 heavy (non-hydrogen) atoms. The first-order valence-electron chi connectivity index (χ1n) is 15.6. The second-order valence-corrected chi connectivity index (χ2v) is 11.1. The fourth-order valence-electron chi connectivity index (χ4n) is 5.57. The zero-order valence-corrected chi connectivity index (χ0v) is 22.6. The summed E-state index contributed by atoms with van der Waals surface area (Å²) in [6.45, 7) is 4.84. The van der Waals surface area contributed by atoms with Crippen molar-refractivity contribution in [3.05, 3.63) is 0 Å². The van der Waals surface area contributed by atoms with Gasteiger partial charge in [0.25, 0.3) is 0 Å². The Morgan fingerprint density at radius 1 is 0.406 bits per heavy atom. The van der Waals surface area contributed by atoms with Crippen LogP contribution < -0.4 is 5.32 Å². The molecule has 0 radical (unpaired) electrons. The number of piperidine rings is 1. The number of hydrogen-bond acceptors (Lipinski definition) is 1. The topological polar surface area (TPSA) is 12.0 Å².